The molecule has 8 heteroatoms. The Morgan fingerprint density at radius 2 is 1.86 bits per heavy atom. The maximum absolute atomic E-state index is 12.8. The molecule has 37 heavy (non-hydrogen) atoms. The van der Waals surface area contributed by atoms with Crippen molar-refractivity contribution in [2.45, 2.75) is 56.8 Å². The summed E-state index contributed by atoms with van der Waals surface area (Å²) in [5.41, 5.74) is 4.56. The molecule has 8 nitrogen and oxygen atoms in total. The molecular weight excluding hydrogens is 474 g/mol. The second-order valence-corrected chi connectivity index (χ2v) is 10.4. The fourth-order valence-corrected chi connectivity index (χ4v) is 7.00. The third-order valence-electron chi connectivity index (χ3n) is 8.47. The summed E-state index contributed by atoms with van der Waals surface area (Å²) >= 11 is 0. The lowest BCUT2D eigenvalue weighted by Gasteiger charge is -2.47. The van der Waals surface area contributed by atoms with E-state index in [2.05, 4.69) is 0 Å². The molecule has 0 bridgehead atoms. The van der Waals surface area contributed by atoms with Crippen LogP contribution in [-0.4, -0.2) is 58.3 Å². The number of carbonyl (C=O) groups excluding carboxylic acids is 2. The molecule has 1 amide bonds. The number of carboxylic acid groups (broad SMARTS) is 1. The van der Waals surface area contributed by atoms with E-state index in [9.17, 15) is 24.6 Å². The highest BCUT2D eigenvalue weighted by Gasteiger charge is 2.62. The zero-order chi connectivity index (χ0) is 26.0. The van der Waals surface area contributed by atoms with Gasteiger partial charge in [-0.3, -0.25) is 9.59 Å². The van der Waals surface area contributed by atoms with Gasteiger partial charge in [-0.05, 0) is 48.9 Å². The van der Waals surface area contributed by atoms with Gasteiger partial charge in [-0.1, -0.05) is 36.4 Å². The van der Waals surface area contributed by atoms with Gasteiger partial charge in [-0.15, -0.1) is 0 Å². The third-order valence-corrected chi connectivity index (χ3v) is 8.47. The van der Waals surface area contributed by atoms with Crippen LogP contribution in [0.2, 0.25) is 0 Å². The smallest absolute Gasteiger partial charge is 0.352 e. The number of aliphatic carboxylic acids is 1. The fourth-order valence-electron chi connectivity index (χ4n) is 7.00. The van der Waals surface area contributed by atoms with E-state index in [1.54, 1.807) is 6.92 Å². The minimum absolute atomic E-state index is 0.0122. The average Bonchev–Trinajstić information content (AvgIpc) is 3.36. The molecule has 0 spiro atoms. The van der Waals surface area contributed by atoms with E-state index in [0.717, 1.165) is 35.1 Å². The monoisotopic (exact) mass is 503 g/mol. The summed E-state index contributed by atoms with van der Waals surface area (Å²) in [4.78, 5) is 38.8. The number of hydrogen-bond donors (Lipinski definition) is 2. The number of amides is 1. The average molecular weight is 504 g/mol. The van der Waals surface area contributed by atoms with Crippen molar-refractivity contribution in [2.75, 3.05) is 7.11 Å². The van der Waals surface area contributed by atoms with Gasteiger partial charge < -0.3 is 24.6 Å². The van der Waals surface area contributed by atoms with Gasteiger partial charge >= 0.3 is 11.9 Å². The van der Waals surface area contributed by atoms with E-state index < -0.39 is 24.1 Å². The molecule has 2 aromatic rings. The number of nitrogens with zero attached hydrogens (tertiary/aromatic N) is 1. The Kier molecular flexibility index (Phi) is 5.60. The van der Waals surface area contributed by atoms with Gasteiger partial charge in [-0.25, -0.2) is 4.79 Å². The van der Waals surface area contributed by atoms with Crippen LogP contribution in [0.3, 0.4) is 0 Å². The molecule has 2 N–H and O–H groups in total. The number of carbonyl (C=O) groups is 3. The van der Waals surface area contributed by atoms with Crippen molar-refractivity contribution in [1.82, 2.24) is 4.90 Å². The molecule has 6 atom stereocenters. The van der Waals surface area contributed by atoms with Crippen LogP contribution < -0.4 is 4.74 Å². The van der Waals surface area contributed by atoms with Crippen molar-refractivity contribution in [2.24, 2.45) is 11.8 Å². The Hall–Kier alpha value is -3.65. The lowest BCUT2D eigenvalue weighted by molar-refractivity contribution is -0.163. The summed E-state index contributed by atoms with van der Waals surface area (Å²) in [5.74, 6) is -2.05. The van der Waals surface area contributed by atoms with Crippen LogP contribution in [0.5, 0.6) is 5.75 Å². The molecule has 2 aromatic carbocycles. The van der Waals surface area contributed by atoms with E-state index in [4.69, 9.17) is 9.47 Å². The van der Waals surface area contributed by atoms with Gasteiger partial charge in [0.25, 0.3) is 0 Å². The van der Waals surface area contributed by atoms with Crippen LogP contribution >= 0.6 is 0 Å². The van der Waals surface area contributed by atoms with Crippen molar-refractivity contribution in [3.8, 4) is 16.9 Å². The molecule has 2 fully saturated rings. The Bertz CT molecular complexity index is 1350. The first-order chi connectivity index (χ1) is 17.8. The second-order valence-electron chi connectivity index (χ2n) is 10.4. The van der Waals surface area contributed by atoms with Crippen molar-refractivity contribution in [1.29, 1.82) is 0 Å². The highest BCUT2D eigenvalue weighted by atomic mass is 16.5. The van der Waals surface area contributed by atoms with Gasteiger partial charge in [0.05, 0.1) is 31.6 Å². The first kappa shape index (κ1) is 23.7. The number of aliphatic hydroxyl groups excluding tert-OH is 1. The largest absolute Gasteiger partial charge is 0.485 e. The quantitative estimate of drug-likeness (QED) is 0.458. The molecule has 192 valence electrons. The normalized spacial score (nSPS) is 28.0. The molecule has 2 aliphatic carbocycles. The molecule has 0 aromatic heterocycles. The van der Waals surface area contributed by atoms with Gasteiger partial charge in [0, 0.05) is 23.0 Å². The molecule has 1 saturated heterocycles. The predicted octanol–water partition coefficient (Wildman–Crippen LogP) is 3.47. The zero-order valence-corrected chi connectivity index (χ0v) is 20.7. The third kappa shape index (κ3) is 3.42. The number of benzene rings is 2. The van der Waals surface area contributed by atoms with Crippen molar-refractivity contribution < 1.29 is 34.1 Å². The maximum Gasteiger partial charge on any atom is 0.352 e. The summed E-state index contributed by atoms with van der Waals surface area (Å²) in [5, 5.41) is 20.3. The Morgan fingerprint density at radius 3 is 2.59 bits per heavy atom. The summed E-state index contributed by atoms with van der Waals surface area (Å²) in [6.07, 6.45) is 1.08. The SMILES string of the molecule is COC(=O)CC1c2ccccc2-c2c(OC3CCCC4C3=C(C(=O)O)N3C(=O)C(C(C)O)C43)cccc21. The second kappa shape index (κ2) is 8.73. The predicted molar refractivity (Wildman–Crippen MR) is 133 cm³/mol. The summed E-state index contributed by atoms with van der Waals surface area (Å²) < 4.78 is 11.6. The molecule has 1 saturated carbocycles. The Morgan fingerprint density at radius 1 is 1.11 bits per heavy atom. The van der Waals surface area contributed by atoms with Gasteiger partial charge in [0.15, 0.2) is 0 Å². The van der Waals surface area contributed by atoms with Gasteiger partial charge in [0.1, 0.15) is 17.6 Å². The number of fused-ring (bicyclic) bond motifs is 6. The summed E-state index contributed by atoms with van der Waals surface area (Å²) in [6, 6.07) is 13.4. The van der Waals surface area contributed by atoms with Crippen LogP contribution in [0.1, 0.15) is 49.7 Å². The Labute approximate surface area is 214 Å². The molecule has 2 aliphatic heterocycles. The topological polar surface area (TPSA) is 113 Å². The van der Waals surface area contributed by atoms with Crippen LogP contribution in [-0.2, 0) is 19.1 Å². The molecule has 6 rings (SSSR count). The first-order valence-corrected chi connectivity index (χ1v) is 12.8. The van der Waals surface area contributed by atoms with Crippen molar-refractivity contribution in [3.63, 3.8) is 0 Å². The summed E-state index contributed by atoms with van der Waals surface area (Å²) in [6.45, 7) is 1.59. The highest BCUT2D eigenvalue weighted by Crippen LogP contribution is 2.54. The lowest BCUT2D eigenvalue weighted by atomic mass is 9.71. The number of carboxylic acids is 1. The van der Waals surface area contributed by atoms with E-state index in [-0.39, 0.29) is 41.9 Å². The van der Waals surface area contributed by atoms with E-state index in [0.29, 0.717) is 17.7 Å². The van der Waals surface area contributed by atoms with E-state index in [1.807, 2.05) is 42.5 Å². The van der Waals surface area contributed by atoms with Gasteiger partial charge in [-0.2, -0.15) is 0 Å². The van der Waals surface area contributed by atoms with Crippen molar-refractivity contribution >= 4 is 17.8 Å². The molecular formula is C29H29NO7. The first-order valence-electron chi connectivity index (χ1n) is 12.8. The zero-order valence-electron chi connectivity index (χ0n) is 20.7. The number of hydrogen-bond acceptors (Lipinski definition) is 6. The number of methoxy groups -OCH3 is 1. The number of ether oxygens (including phenoxy) is 2. The maximum atomic E-state index is 12.8. The van der Waals surface area contributed by atoms with Gasteiger partial charge in [0.2, 0.25) is 5.91 Å². The number of aliphatic hydroxyl groups is 1. The number of esters is 1. The minimum Gasteiger partial charge on any atom is -0.485 e. The molecule has 2 heterocycles. The highest BCUT2D eigenvalue weighted by molar-refractivity contribution is 6.00. The summed E-state index contributed by atoms with van der Waals surface area (Å²) in [7, 11) is 1.38. The standard InChI is InChI=1S/C29H29NO7/c1-14(31)23-26-18-10-6-12-21(25(18)27(29(34)35)30(26)28(23)33)37-20-11-5-9-17-19(13-22(32)36-2)15-7-3-4-8-16(15)24(17)20/h3-5,7-9,11,14,18-19,21,23,26,31H,6,10,12-13H2,1-2H3,(H,34,35). The Balaban J connectivity index is 1.40. The molecule has 0 radical (unpaired) electrons. The number of rotatable bonds is 6. The molecule has 6 unspecified atom stereocenters. The van der Waals surface area contributed by atoms with Crippen LogP contribution in [0.25, 0.3) is 11.1 Å². The fraction of sp³-hybridized carbons (Fsp3) is 0.414. The number of β-lactam (4-membered cyclic amide) rings is 1. The van der Waals surface area contributed by atoms with Crippen LogP contribution in [0.15, 0.2) is 53.7 Å². The molecule has 4 aliphatic rings. The van der Waals surface area contributed by atoms with E-state index in [1.165, 1.54) is 12.0 Å². The van der Waals surface area contributed by atoms with Crippen molar-refractivity contribution in [3.05, 3.63) is 64.9 Å². The minimum atomic E-state index is -1.14. The van der Waals surface area contributed by atoms with Crippen LogP contribution in [0.4, 0.5) is 0 Å². The lowest BCUT2D eigenvalue weighted by Crippen LogP contribution is -2.64. The van der Waals surface area contributed by atoms with E-state index >= 15 is 0 Å². The van der Waals surface area contributed by atoms with Crippen LogP contribution in [0, 0.1) is 11.8 Å².